The van der Waals surface area contributed by atoms with Crippen molar-refractivity contribution in [2.24, 2.45) is 0 Å². The Bertz CT molecular complexity index is 292. The first-order chi connectivity index (χ1) is 8.79. The molecule has 0 aromatic heterocycles. The van der Waals surface area contributed by atoms with Crippen molar-refractivity contribution >= 4 is 5.78 Å². The van der Waals surface area contributed by atoms with Crippen molar-refractivity contribution in [2.75, 3.05) is 27.7 Å². The molecule has 1 fully saturated rings. The zero-order chi connectivity index (χ0) is 14.6. The molecule has 0 aromatic carbocycles. The van der Waals surface area contributed by atoms with Gasteiger partial charge >= 0.3 is 0 Å². The Labute approximate surface area is 118 Å². The molecular weight excluding hydrogens is 240 g/mol. The summed E-state index contributed by atoms with van der Waals surface area (Å²) in [6, 6.07) is 0.859. The van der Waals surface area contributed by atoms with Crippen LogP contribution in [0.2, 0.25) is 0 Å². The zero-order valence-electron chi connectivity index (χ0n) is 13.3. The van der Waals surface area contributed by atoms with E-state index in [2.05, 4.69) is 44.8 Å². The Morgan fingerprint density at radius 2 is 2.05 bits per heavy atom. The maximum atomic E-state index is 11.4. The largest absolute Gasteiger partial charge is 0.374 e. The number of ether oxygens (including phenoxy) is 1. The van der Waals surface area contributed by atoms with Crippen LogP contribution in [-0.2, 0) is 9.53 Å². The third-order valence-corrected chi connectivity index (χ3v) is 3.91. The highest BCUT2D eigenvalue weighted by Gasteiger charge is 2.32. The Morgan fingerprint density at radius 3 is 2.53 bits per heavy atom. The van der Waals surface area contributed by atoms with Crippen LogP contribution in [0.3, 0.4) is 0 Å². The van der Waals surface area contributed by atoms with E-state index in [0.717, 1.165) is 19.4 Å². The third kappa shape index (κ3) is 5.59. The molecule has 19 heavy (non-hydrogen) atoms. The lowest BCUT2D eigenvalue weighted by Gasteiger charge is -2.29. The summed E-state index contributed by atoms with van der Waals surface area (Å²) in [6.07, 6.45) is 3.40. The molecule has 3 atom stereocenters. The molecule has 0 spiro atoms. The van der Waals surface area contributed by atoms with Crippen LogP contribution in [0, 0.1) is 0 Å². The number of carbonyl (C=O) groups is 1. The van der Waals surface area contributed by atoms with Crippen LogP contribution < -0.4 is 0 Å². The first-order valence-corrected chi connectivity index (χ1v) is 7.31. The van der Waals surface area contributed by atoms with E-state index in [0.29, 0.717) is 30.7 Å². The van der Waals surface area contributed by atoms with Crippen molar-refractivity contribution < 1.29 is 9.53 Å². The van der Waals surface area contributed by atoms with E-state index in [9.17, 15) is 4.79 Å². The van der Waals surface area contributed by atoms with Gasteiger partial charge in [-0.25, -0.2) is 0 Å². The van der Waals surface area contributed by atoms with Crippen molar-refractivity contribution in [2.45, 2.75) is 64.3 Å². The van der Waals surface area contributed by atoms with Gasteiger partial charge in [0.25, 0.3) is 0 Å². The number of ketones is 1. The van der Waals surface area contributed by atoms with Gasteiger partial charge < -0.3 is 14.5 Å². The maximum absolute atomic E-state index is 11.4. The molecule has 3 unspecified atom stereocenters. The van der Waals surface area contributed by atoms with Gasteiger partial charge in [-0.3, -0.25) is 4.79 Å². The van der Waals surface area contributed by atoms with Gasteiger partial charge in [-0.2, -0.15) is 0 Å². The van der Waals surface area contributed by atoms with Crippen LogP contribution in [-0.4, -0.2) is 67.6 Å². The van der Waals surface area contributed by atoms with E-state index >= 15 is 0 Å². The highest BCUT2D eigenvalue weighted by atomic mass is 16.5. The third-order valence-electron chi connectivity index (χ3n) is 3.91. The molecule has 1 aliphatic rings. The first-order valence-electron chi connectivity index (χ1n) is 7.31. The molecule has 0 radical (unpaired) electrons. The average molecular weight is 270 g/mol. The molecule has 0 aliphatic carbocycles. The number of nitrogens with zero attached hydrogens (tertiary/aromatic N) is 2. The minimum Gasteiger partial charge on any atom is -0.374 e. The average Bonchev–Trinajstić information content (AvgIpc) is 2.56. The highest BCUT2D eigenvalue weighted by molar-refractivity contribution is 5.76. The molecule has 1 saturated heterocycles. The van der Waals surface area contributed by atoms with Crippen molar-refractivity contribution in [3.05, 3.63) is 0 Å². The van der Waals surface area contributed by atoms with E-state index in [4.69, 9.17) is 4.74 Å². The first kappa shape index (κ1) is 16.6. The molecule has 1 rings (SSSR count). The van der Waals surface area contributed by atoms with Gasteiger partial charge in [-0.05, 0) is 54.8 Å². The number of hydrogen-bond donors (Lipinski definition) is 0. The summed E-state index contributed by atoms with van der Waals surface area (Å²) in [5.41, 5.74) is 0. The molecule has 4 nitrogen and oxygen atoms in total. The molecule has 4 heteroatoms. The molecular formula is C15H30N2O2. The second kappa shape index (κ2) is 7.36. The standard InChI is InChI=1S/C15H30N2O2/c1-11(2)19-15-9-14(17(6)10-15)8-13(16(4)5)7-12(3)18/h11,13-15H,7-10H2,1-6H3. The number of Topliss-reactive ketones (excluding diaryl/α,β-unsaturated/α-hetero) is 1. The summed E-state index contributed by atoms with van der Waals surface area (Å²) in [5.74, 6) is 0.273. The van der Waals surface area contributed by atoms with Gasteiger partial charge in [0.1, 0.15) is 5.78 Å². The predicted octanol–water partition coefficient (Wildman–Crippen LogP) is 1.78. The summed E-state index contributed by atoms with van der Waals surface area (Å²) in [7, 11) is 6.28. The van der Waals surface area contributed by atoms with Gasteiger partial charge in [0.05, 0.1) is 12.2 Å². The van der Waals surface area contributed by atoms with Gasteiger partial charge in [-0.1, -0.05) is 0 Å². The fraction of sp³-hybridized carbons (Fsp3) is 0.933. The molecule has 0 N–H and O–H groups in total. The SMILES string of the molecule is CC(=O)CC(CC1CC(OC(C)C)CN1C)N(C)C. The smallest absolute Gasteiger partial charge is 0.131 e. The van der Waals surface area contributed by atoms with Crippen LogP contribution in [0.4, 0.5) is 0 Å². The van der Waals surface area contributed by atoms with E-state index in [1.165, 1.54) is 0 Å². The van der Waals surface area contributed by atoms with Gasteiger partial charge in [-0.15, -0.1) is 0 Å². The predicted molar refractivity (Wildman–Crippen MR) is 78.4 cm³/mol. The Kier molecular flexibility index (Phi) is 6.43. The number of rotatable bonds is 7. The lowest BCUT2D eigenvalue weighted by atomic mass is 9.99. The minimum absolute atomic E-state index is 0.273. The Hall–Kier alpha value is -0.450. The molecule has 0 amide bonds. The molecule has 1 aliphatic heterocycles. The minimum atomic E-state index is 0.273. The van der Waals surface area contributed by atoms with E-state index in [1.807, 2.05) is 0 Å². The Balaban J connectivity index is 2.52. The van der Waals surface area contributed by atoms with Crippen LogP contribution in [0.25, 0.3) is 0 Å². The summed E-state index contributed by atoms with van der Waals surface area (Å²) >= 11 is 0. The van der Waals surface area contributed by atoms with Crippen LogP contribution >= 0.6 is 0 Å². The van der Waals surface area contributed by atoms with Crippen molar-refractivity contribution in [3.63, 3.8) is 0 Å². The summed E-state index contributed by atoms with van der Waals surface area (Å²) in [6.45, 7) is 6.86. The van der Waals surface area contributed by atoms with E-state index in [1.54, 1.807) is 6.92 Å². The van der Waals surface area contributed by atoms with Gasteiger partial charge in [0, 0.05) is 25.0 Å². The van der Waals surface area contributed by atoms with Crippen molar-refractivity contribution in [3.8, 4) is 0 Å². The summed E-state index contributed by atoms with van der Waals surface area (Å²) < 4.78 is 5.91. The normalized spacial score (nSPS) is 26.3. The molecule has 0 saturated carbocycles. The van der Waals surface area contributed by atoms with E-state index < -0.39 is 0 Å². The maximum Gasteiger partial charge on any atom is 0.131 e. The number of hydrogen-bond acceptors (Lipinski definition) is 4. The zero-order valence-corrected chi connectivity index (χ0v) is 13.3. The fourth-order valence-electron chi connectivity index (χ4n) is 2.91. The lowest BCUT2D eigenvalue weighted by Crippen LogP contribution is -2.37. The molecule has 0 bridgehead atoms. The van der Waals surface area contributed by atoms with E-state index in [-0.39, 0.29) is 5.78 Å². The van der Waals surface area contributed by atoms with Crippen LogP contribution in [0.15, 0.2) is 0 Å². The summed E-state index contributed by atoms with van der Waals surface area (Å²) in [4.78, 5) is 15.9. The van der Waals surface area contributed by atoms with Crippen molar-refractivity contribution in [1.29, 1.82) is 0 Å². The van der Waals surface area contributed by atoms with Crippen LogP contribution in [0.5, 0.6) is 0 Å². The number of carbonyl (C=O) groups excluding carboxylic acids is 1. The second-order valence-electron chi connectivity index (χ2n) is 6.40. The fourth-order valence-corrected chi connectivity index (χ4v) is 2.91. The molecule has 1 heterocycles. The number of likely N-dealkylation sites (tertiary alicyclic amines) is 1. The van der Waals surface area contributed by atoms with Crippen molar-refractivity contribution in [1.82, 2.24) is 9.80 Å². The van der Waals surface area contributed by atoms with Gasteiger partial charge in [0.15, 0.2) is 0 Å². The molecule has 112 valence electrons. The summed E-state index contributed by atoms with van der Waals surface area (Å²) in [5, 5.41) is 0. The molecule has 0 aromatic rings. The topological polar surface area (TPSA) is 32.8 Å². The monoisotopic (exact) mass is 270 g/mol. The highest BCUT2D eigenvalue weighted by Crippen LogP contribution is 2.25. The Morgan fingerprint density at radius 1 is 1.42 bits per heavy atom. The lowest BCUT2D eigenvalue weighted by molar-refractivity contribution is -0.118. The number of likely N-dealkylation sites (N-methyl/N-ethyl adjacent to an activating group) is 1. The van der Waals surface area contributed by atoms with Gasteiger partial charge in [0.2, 0.25) is 0 Å². The quantitative estimate of drug-likeness (QED) is 0.706. The van der Waals surface area contributed by atoms with Crippen LogP contribution in [0.1, 0.15) is 40.0 Å². The second-order valence-corrected chi connectivity index (χ2v) is 6.40.